The molecular formula is C19H14NO4S2-. The van der Waals surface area contributed by atoms with Gasteiger partial charge in [-0.25, -0.2) is 0 Å². The van der Waals surface area contributed by atoms with Crippen LogP contribution in [0.25, 0.3) is 6.08 Å². The number of carbonyl (C=O) groups is 2. The average molecular weight is 384 g/mol. The van der Waals surface area contributed by atoms with Gasteiger partial charge in [0.25, 0.3) is 5.91 Å². The molecule has 0 aromatic heterocycles. The molecule has 0 aliphatic carbocycles. The first-order valence-corrected chi connectivity index (χ1v) is 8.99. The zero-order valence-corrected chi connectivity index (χ0v) is 15.1. The Morgan fingerprint density at radius 3 is 2.46 bits per heavy atom. The van der Waals surface area contributed by atoms with Crippen LogP contribution in [0.1, 0.15) is 23.6 Å². The van der Waals surface area contributed by atoms with Crippen molar-refractivity contribution in [3.63, 3.8) is 0 Å². The van der Waals surface area contributed by atoms with Crippen LogP contribution in [0.2, 0.25) is 0 Å². The highest BCUT2D eigenvalue weighted by atomic mass is 32.2. The largest absolute Gasteiger partial charge is 0.550 e. The number of carboxylic acids is 1. The summed E-state index contributed by atoms with van der Waals surface area (Å²) in [6, 6.07) is 14.6. The number of hydrogen-bond donors (Lipinski definition) is 1. The molecule has 7 heteroatoms. The number of phenolic OH excluding ortho intramolecular Hbond substituents is 1. The predicted octanol–water partition coefficient (Wildman–Crippen LogP) is 2.47. The molecule has 1 heterocycles. The van der Waals surface area contributed by atoms with Gasteiger partial charge in [-0.2, -0.15) is 0 Å². The lowest BCUT2D eigenvalue weighted by molar-refractivity contribution is -0.306. The Kier molecular flexibility index (Phi) is 5.39. The molecule has 2 aromatic carbocycles. The zero-order valence-electron chi connectivity index (χ0n) is 13.5. The number of rotatable bonds is 5. The SMILES string of the molecule is O=C([O-])C[C@@H](c1ccccc1)N1C(=O)/C(=C/c2ccc(O)cc2)SC1=S. The van der Waals surface area contributed by atoms with E-state index in [1.807, 2.05) is 6.07 Å². The normalized spacial score (nSPS) is 16.9. The van der Waals surface area contributed by atoms with Crippen LogP contribution >= 0.6 is 24.0 Å². The van der Waals surface area contributed by atoms with E-state index < -0.39 is 12.0 Å². The third kappa shape index (κ3) is 3.95. The minimum absolute atomic E-state index is 0.132. The van der Waals surface area contributed by atoms with Crippen LogP contribution in [-0.2, 0) is 9.59 Å². The van der Waals surface area contributed by atoms with Crippen molar-refractivity contribution >= 4 is 46.3 Å². The molecule has 132 valence electrons. The first-order chi connectivity index (χ1) is 12.5. The minimum atomic E-state index is -1.25. The number of aromatic hydroxyl groups is 1. The van der Waals surface area contributed by atoms with Crippen molar-refractivity contribution in [2.45, 2.75) is 12.5 Å². The molecule has 2 aromatic rings. The fourth-order valence-corrected chi connectivity index (χ4v) is 4.02. The van der Waals surface area contributed by atoms with Gasteiger partial charge in [-0.15, -0.1) is 0 Å². The van der Waals surface area contributed by atoms with Crippen molar-refractivity contribution in [1.29, 1.82) is 0 Å². The molecule has 0 radical (unpaired) electrons. The van der Waals surface area contributed by atoms with Gasteiger partial charge in [0.1, 0.15) is 10.1 Å². The van der Waals surface area contributed by atoms with Crippen molar-refractivity contribution in [1.82, 2.24) is 4.90 Å². The van der Waals surface area contributed by atoms with E-state index in [0.29, 0.717) is 14.8 Å². The van der Waals surface area contributed by atoms with Crippen LogP contribution in [0, 0.1) is 0 Å². The third-order valence-electron chi connectivity index (χ3n) is 3.87. The van der Waals surface area contributed by atoms with Crippen molar-refractivity contribution in [3.05, 3.63) is 70.6 Å². The molecular weight excluding hydrogens is 370 g/mol. The summed E-state index contributed by atoms with van der Waals surface area (Å²) in [5.74, 6) is -1.47. The van der Waals surface area contributed by atoms with Gasteiger partial charge in [-0.1, -0.05) is 66.4 Å². The Hall–Kier alpha value is -2.64. The predicted molar refractivity (Wildman–Crippen MR) is 102 cm³/mol. The Bertz CT molecular complexity index is 878. The maximum Gasteiger partial charge on any atom is 0.266 e. The van der Waals surface area contributed by atoms with Crippen molar-refractivity contribution in [3.8, 4) is 5.75 Å². The fourth-order valence-electron chi connectivity index (χ4n) is 2.66. The van der Waals surface area contributed by atoms with E-state index >= 15 is 0 Å². The molecule has 1 amide bonds. The maximum atomic E-state index is 12.9. The van der Waals surface area contributed by atoms with Gasteiger partial charge >= 0.3 is 0 Å². The summed E-state index contributed by atoms with van der Waals surface area (Å²) in [5.41, 5.74) is 1.42. The highest BCUT2D eigenvalue weighted by Gasteiger charge is 2.37. The van der Waals surface area contributed by atoms with E-state index in [1.165, 1.54) is 17.0 Å². The number of phenols is 1. The van der Waals surface area contributed by atoms with E-state index in [1.54, 1.807) is 42.5 Å². The Morgan fingerprint density at radius 1 is 1.19 bits per heavy atom. The summed E-state index contributed by atoms with van der Waals surface area (Å²) < 4.78 is 0.301. The number of hydrogen-bond acceptors (Lipinski definition) is 6. The third-order valence-corrected chi connectivity index (χ3v) is 5.20. The highest BCUT2D eigenvalue weighted by molar-refractivity contribution is 8.26. The number of thioether (sulfide) groups is 1. The number of carbonyl (C=O) groups excluding carboxylic acids is 2. The zero-order chi connectivity index (χ0) is 18.7. The van der Waals surface area contributed by atoms with Gasteiger partial charge in [0.05, 0.1) is 10.9 Å². The minimum Gasteiger partial charge on any atom is -0.550 e. The van der Waals surface area contributed by atoms with Gasteiger partial charge < -0.3 is 15.0 Å². The second kappa shape index (κ2) is 7.72. The molecule has 1 aliphatic heterocycles. The number of aliphatic carboxylic acids is 1. The summed E-state index contributed by atoms with van der Waals surface area (Å²) in [4.78, 5) is 25.8. The molecule has 0 saturated carbocycles. The van der Waals surface area contributed by atoms with Crippen molar-refractivity contribution < 1.29 is 19.8 Å². The summed E-state index contributed by atoms with van der Waals surface area (Å²) in [6.07, 6.45) is 1.32. The first kappa shape index (κ1) is 18.2. The van der Waals surface area contributed by atoms with Gasteiger partial charge in [-0.3, -0.25) is 9.69 Å². The quantitative estimate of drug-likeness (QED) is 0.630. The van der Waals surface area contributed by atoms with Crippen LogP contribution in [0.15, 0.2) is 59.5 Å². The molecule has 1 aliphatic rings. The highest BCUT2D eigenvalue weighted by Crippen LogP contribution is 2.39. The van der Waals surface area contributed by atoms with E-state index in [-0.39, 0.29) is 18.1 Å². The molecule has 26 heavy (non-hydrogen) atoms. The summed E-state index contributed by atoms with van der Waals surface area (Å²) in [5, 5.41) is 20.6. The van der Waals surface area contributed by atoms with Crippen molar-refractivity contribution in [2.24, 2.45) is 0 Å². The topological polar surface area (TPSA) is 80.7 Å². The average Bonchev–Trinajstić information content (AvgIpc) is 2.89. The van der Waals surface area contributed by atoms with Crippen LogP contribution in [0.5, 0.6) is 5.75 Å². The van der Waals surface area contributed by atoms with E-state index in [2.05, 4.69) is 0 Å². The molecule has 1 atom stereocenters. The van der Waals surface area contributed by atoms with Crippen LogP contribution in [-0.4, -0.2) is 26.2 Å². The molecule has 3 rings (SSSR count). The van der Waals surface area contributed by atoms with Gasteiger partial charge in [0.2, 0.25) is 0 Å². The standard InChI is InChI=1S/C19H15NO4S2/c21-14-8-6-12(7-9-14)10-16-18(24)20(19(25)26-16)15(11-17(22)23)13-4-2-1-3-5-13/h1-10,15,21H,11H2,(H,22,23)/p-1/b16-10-/t15-/m0/s1. The summed E-state index contributed by atoms with van der Waals surface area (Å²) >= 11 is 6.46. The molecule has 0 unspecified atom stereocenters. The first-order valence-electron chi connectivity index (χ1n) is 7.76. The van der Waals surface area contributed by atoms with Crippen LogP contribution in [0.3, 0.4) is 0 Å². The summed E-state index contributed by atoms with van der Waals surface area (Å²) in [6.45, 7) is 0. The lowest BCUT2D eigenvalue weighted by atomic mass is 10.0. The second-order valence-corrected chi connectivity index (χ2v) is 7.32. The molecule has 0 bridgehead atoms. The van der Waals surface area contributed by atoms with Crippen molar-refractivity contribution in [2.75, 3.05) is 0 Å². The molecule has 1 N–H and O–H groups in total. The number of thiocarbonyl (C=S) groups is 1. The second-order valence-electron chi connectivity index (χ2n) is 5.65. The van der Waals surface area contributed by atoms with Gasteiger partial charge in [0, 0.05) is 12.4 Å². The van der Waals surface area contributed by atoms with E-state index in [4.69, 9.17) is 12.2 Å². The number of carboxylic acid groups (broad SMARTS) is 1. The monoisotopic (exact) mass is 384 g/mol. The lowest BCUT2D eigenvalue weighted by Crippen LogP contribution is -2.37. The molecule has 1 fully saturated rings. The number of nitrogens with zero attached hydrogens (tertiary/aromatic N) is 1. The van der Waals surface area contributed by atoms with E-state index in [9.17, 15) is 19.8 Å². The lowest BCUT2D eigenvalue weighted by Gasteiger charge is -2.27. The summed E-state index contributed by atoms with van der Waals surface area (Å²) in [7, 11) is 0. The fraction of sp³-hybridized carbons (Fsp3) is 0.105. The molecule has 5 nitrogen and oxygen atoms in total. The molecule has 0 spiro atoms. The van der Waals surface area contributed by atoms with Gasteiger partial charge in [-0.05, 0) is 29.3 Å². The Labute approximate surface area is 160 Å². The number of benzene rings is 2. The van der Waals surface area contributed by atoms with Gasteiger partial charge in [0.15, 0.2) is 0 Å². The van der Waals surface area contributed by atoms with E-state index in [0.717, 1.165) is 17.3 Å². The van der Waals surface area contributed by atoms with Crippen LogP contribution in [0.4, 0.5) is 0 Å². The maximum absolute atomic E-state index is 12.9. The molecule has 1 saturated heterocycles. The Balaban J connectivity index is 1.93. The van der Waals surface area contributed by atoms with Crippen LogP contribution < -0.4 is 5.11 Å². The number of amides is 1. The smallest absolute Gasteiger partial charge is 0.266 e. The Morgan fingerprint density at radius 2 is 1.85 bits per heavy atom.